The predicted octanol–water partition coefficient (Wildman–Crippen LogP) is 2.32. The topological polar surface area (TPSA) is 74.6 Å². The van der Waals surface area contributed by atoms with Gasteiger partial charge in [0.05, 0.1) is 6.26 Å². The fraction of sp³-hybridized carbons (Fsp3) is 0.429. The minimum absolute atomic E-state index is 0.0455. The maximum atomic E-state index is 12.7. The maximum absolute atomic E-state index is 12.7. The highest BCUT2D eigenvalue weighted by Gasteiger charge is 2.26. The first kappa shape index (κ1) is 20.7. The summed E-state index contributed by atoms with van der Waals surface area (Å²) in [6, 6.07) is 12.9. The molecular weight excluding hydrogens is 342 g/mol. The highest BCUT2D eigenvalue weighted by atomic mass is 16.3. The van der Waals surface area contributed by atoms with Crippen LogP contribution in [0.4, 0.5) is 0 Å². The molecule has 0 fully saturated rings. The number of likely N-dealkylation sites (N-methyl/N-ethyl adjacent to an activating group) is 1. The van der Waals surface area contributed by atoms with Gasteiger partial charge in [-0.25, -0.2) is 0 Å². The lowest BCUT2D eigenvalue weighted by Gasteiger charge is -2.27. The summed E-state index contributed by atoms with van der Waals surface area (Å²) in [4.78, 5) is 27.0. The lowest BCUT2D eigenvalue weighted by atomic mass is 10.0. The quantitative estimate of drug-likeness (QED) is 0.709. The van der Waals surface area contributed by atoms with Gasteiger partial charge in [-0.15, -0.1) is 0 Å². The Morgan fingerprint density at radius 1 is 1.07 bits per heavy atom. The molecule has 0 aliphatic heterocycles. The zero-order valence-corrected chi connectivity index (χ0v) is 16.4. The van der Waals surface area contributed by atoms with Crippen LogP contribution < -0.4 is 10.6 Å². The van der Waals surface area contributed by atoms with Gasteiger partial charge in [-0.05, 0) is 44.1 Å². The summed E-state index contributed by atoms with van der Waals surface area (Å²) in [5, 5.41) is 5.75. The summed E-state index contributed by atoms with van der Waals surface area (Å²) >= 11 is 0. The fourth-order valence-electron chi connectivity index (χ4n) is 2.81. The highest BCUT2D eigenvalue weighted by molar-refractivity contribution is 5.95. The van der Waals surface area contributed by atoms with Crippen LogP contribution in [0.3, 0.4) is 0 Å². The summed E-state index contributed by atoms with van der Waals surface area (Å²) in [5.74, 6) is -0.424. The number of nitrogens with one attached hydrogen (secondary N) is 2. The van der Waals surface area contributed by atoms with Crippen LogP contribution in [0, 0.1) is 5.92 Å². The van der Waals surface area contributed by atoms with Crippen molar-refractivity contribution in [2.75, 3.05) is 20.6 Å². The molecule has 0 bridgehead atoms. The number of nitrogens with zero attached hydrogens (tertiary/aromatic N) is 1. The summed E-state index contributed by atoms with van der Waals surface area (Å²) in [5.41, 5.74) is 1.22. The predicted molar refractivity (Wildman–Crippen MR) is 105 cm³/mol. The van der Waals surface area contributed by atoms with Crippen LogP contribution in [-0.4, -0.2) is 49.4 Å². The van der Waals surface area contributed by atoms with Crippen molar-refractivity contribution in [3.63, 3.8) is 0 Å². The van der Waals surface area contributed by atoms with Crippen molar-refractivity contribution >= 4 is 11.8 Å². The van der Waals surface area contributed by atoms with E-state index in [0.717, 1.165) is 6.42 Å². The lowest BCUT2D eigenvalue weighted by Crippen LogP contribution is -2.52. The molecule has 1 heterocycles. The normalized spacial score (nSPS) is 13.4. The molecule has 6 nitrogen and oxygen atoms in total. The number of benzene rings is 1. The highest BCUT2D eigenvalue weighted by Crippen LogP contribution is 2.08. The first-order valence-corrected chi connectivity index (χ1v) is 9.21. The fourth-order valence-corrected chi connectivity index (χ4v) is 2.81. The molecular formula is C21H29N3O3. The van der Waals surface area contributed by atoms with E-state index in [4.69, 9.17) is 4.42 Å². The maximum Gasteiger partial charge on any atom is 0.287 e. The van der Waals surface area contributed by atoms with Gasteiger partial charge in [0.15, 0.2) is 5.76 Å². The molecule has 2 atom stereocenters. The molecule has 2 unspecified atom stereocenters. The summed E-state index contributed by atoms with van der Waals surface area (Å²) in [6.07, 6.45) is 2.27. The molecule has 2 rings (SSSR count). The van der Waals surface area contributed by atoms with Crippen LogP contribution >= 0.6 is 0 Å². The number of carbonyl (C=O) groups is 2. The Balaban J connectivity index is 1.95. The Labute approximate surface area is 160 Å². The Hall–Kier alpha value is -2.60. The average Bonchev–Trinajstić information content (AvgIpc) is 3.18. The molecule has 0 spiro atoms. The third-order valence-electron chi connectivity index (χ3n) is 4.54. The van der Waals surface area contributed by atoms with E-state index in [1.165, 1.54) is 11.8 Å². The van der Waals surface area contributed by atoms with E-state index >= 15 is 0 Å². The van der Waals surface area contributed by atoms with Gasteiger partial charge in [0, 0.05) is 12.6 Å². The molecule has 27 heavy (non-hydrogen) atoms. The van der Waals surface area contributed by atoms with Gasteiger partial charge in [0.25, 0.3) is 5.91 Å². The first-order valence-electron chi connectivity index (χ1n) is 9.21. The number of furan rings is 1. The van der Waals surface area contributed by atoms with Gasteiger partial charge in [-0.3, -0.25) is 9.59 Å². The van der Waals surface area contributed by atoms with E-state index in [9.17, 15) is 9.59 Å². The Bertz CT molecular complexity index is 712. The lowest BCUT2D eigenvalue weighted by molar-refractivity contribution is -0.124. The molecule has 1 aromatic carbocycles. The van der Waals surface area contributed by atoms with Crippen molar-refractivity contribution in [3.05, 3.63) is 60.1 Å². The third kappa shape index (κ3) is 6.25. The molecule has 2 amide bonds. The number of hydrogen-bond acceptors (Lipinski definition) is 4. The van der Waals surface area contributed by atoms with Crippen LogP contribution in [0.5, 0.6) is 0 Å². The second kappa shape index (κ2) is 9.92. The van der Waals surface area contributed by atoms with Gasteiger partial charge in [0.1, 0.15) is 6.04 Å². The molecule has 1 aromatic heterocycles. The Kier molecular flexibility index (Phi) is 7.61. The second-order valence-electron chi connectivity index (χ2n) is 7.22. The Morgan fingerprint density at radius 2 is 1.78 bits per heavy atom. The van der Waals surface area contributed by atoms with Crippen molar-refractivity contribution in [2.24, 2.45) is 5.92 Å². The zero-order chi connectivity index (χ0) is 19.8. The van der Waals surface area contributed by atoms with Crippen LogP contribution in [0.15, 0.2) is 53.1 Å². The molecule has 146 valence electrons. The van der Waals surface area contributed by atoms with Gasteiger partial charge in [-0.2, -0.15) is 0 Å². The van der Waals surface area contributed by atoms with Gasteiger partial charge < -0.3 is 20.0 Å². The summed E-state index contributed by atoms with van der Waals surface area (Å²) in [6.45, 7) is 4.31. The molecule has 0 radical (unpaired) electrons. The van der Waals surface area contributed by atoms with Crippen LogP contribution in [-0.2, 0) is 11.2 Å². The van der Waals surface area contributed by atoms with Gasteiger partial charge in [0.2, 0.25) is 5.91 Å². The summed E-state index contributed by atoms with van der Waals surface area (Å²) in [7, 11) is 4.00. The second-order valence-corrected chi connectivity index (χ2v) is 7.22. The van der Waals surface area contributed by atoms with Crippen molar-refractivity contribution in [1.29, 1.82) is 0 Å². The Morgan fingerprint density at radius 3 is 2.33 bits per heavy atom. The van der Waals surface area contributed by atoms with Crippen molar-refractivity contribution in [2.45, 2.75) is 32.4 Å². The molecule has 0 aliphatic rings. The number of carbonyl (C=O) groups excluding carboxylic acids is 2. The third-order valence-corrected chi connectivity index (χ3v) is 4.54. The monoisotopic (exact) mass is 371 g/mol. The van der Waals surface area contributed by atoms with E-state index in [2.05, 4.69) is 27.7 Å². The van der Waals surface area contributed by atoms with E-state index in [0.29, 0.717) is 6.54 Å². The number of hydrogen-bond donors (Lipinski definition) is 2. The van der Waals surface area contributed by atoms with Crippen LogP contribution in [0.25, 0.3) is 0 Å². The van der Waals surface area contributed by atoms with Crippen LogP contribution in [0.2, 0.25) is 0 Å². The van der Waals surface area contributed by atoms with E-state index < -0.39 is 6.04 Å². The van der Waals surface area contributed by atoms with Crippen molar-refractivity contribution in [3.8, 4) is 0 Å². The molecule has 6 heteroatoms. The van der Waals surface area contributed by atoms with Crippen molar-refractivity contribution < 1.29 is 14.0 Å². The standard InChI is InChI=1S/C21H29N3O3/c1-15(2)19(23-20(25)18-11-8-12-27-18)21(26)22-14-17(24(3)4)13-16-9-6-5-7-10-16/h5-12,15,17,19H,13-14H2,1-4H3,(H,22,26)(H,23,25). The molecule has 0 saturated heterocycles. The number of amides is 2. The molecule has 2 N–H and O–H groups in total. The minimum atomic E-state index is -0.623. The van der Waals surface area contributed by atoms with Gasteiger partial charge >= 0.3 is 0 Å². The minimum Gasteiger partial charge on any atom is -0.459 e. The SMILES string of the molecule is CC(C)C(NC(=O)c1ccco1)C(=O)NCC(Cc1ccccc1)N(C)C. The van der Waals surface area contributed by atoms with Crippen molar-refractivity contribution in [1.82, 2.24) is 15.5 Å². The van der Waals surface area contributed by atoms with Crippen LogP contribution in [0.1, 0.15) is 30.0 Å². The largest absolute Gasteiger partial charge is 0.459 e. The molecule has 2 aromatic rings. The van der Waals surface area contributed by atoms with E-state index in [-0.39, 0.29) is 29.5 Å². The molecule has 0 saturated carbocycles. The molecule has 0 aliphatic carbocycles. The van der Waals surface area contributed by atoms with E-state index in [1.807, 2.05) is 46.1 Å². The summed E-state index contributed by atoms with van der Waals surface area (Å²) < 4.78 is 5.10. The first-order chi connectivity index (χ1) is 12.9. The smallest absolute Gasteiger partial charge is 0.287 e. The number of rotatable bonds is 9. The van der Waals surface area contributed by atoms with Gasteiger partial charge in [-0.1, -0.05) is 44.2 Å². The zero-order valence-electron chi connectivity index (χ0n) is 16.4. The average molecular weight is 371 g/mol. The van der Waals surface area contributed by atoms with E-state index in [1.54, 1.807) is 12.1 Å².